The van der Waals surface area contributed by atoms with Gasteiger partial charge in [0.15, 0.2) is 0 Å². The highest BCUT2D eigenvalue weighted by molar-refractivity contribution is 7.99. The molecule has 0 aromatic heterocycles. The van der Waals surface area contributed by atoms with Crippen molar-refractivity contribution in [1.82, 2.24) is 0 Å². The number of aliphatic hydroxyl groups excluding tert-OH is 1. The van der Waals surface area contributed by atoms with Crippen LogP contribution in [0.3, 0.4) is 0 Å². The van der Waals surface area contributed by atoms with Crippen LogP contribution in [0.25, 0.3) is 0 Å². The summed E-state index contributed by atoms with van der Waals surface area (Å²) in [5, 5.41) is 11.6. The van der Waals surface area contributed by atoms with Crippen molar-refractivity contribution in [3.63, 3.8) is 0 Å². The fourth-order valence-corrected chi connectivity index (χ4v) is 2.72. The lowest BCUT2D eigenvalue weighted by atomic mass is 10.0. The largest absolute Gasteiger partial charge is 0.398 e. The number of hydrogen-bond acceptors (Lipinski definition) is 4. The summed E-state index contributed by atoms with van der Waals surface area (Å²) in [6.45, 7) is 0.189. The number of fused-ring (bicyclic) bond motifs is 1. The highest BCUT2D eigenvalue weighted by Gasteiger charge is 2.16. The van der Waals surface area contributed by atoms with Crippen LogP contribution in [0, 0.1) is 0 Å². The second-order valence-corrected chi connectivity index (χ2v) is 5.16. The maximum atomic E-state index is 11.3. The van der Waals surface area contributed by atoms with E-state index in [0.717, 1.165) is 40.4 Å². The van der Waals surface area contributed by atoms with Crippen LogP contribution in [0.2, 0.25) is 0 Å². The van der Waals surface area contributed by atoms with Crippen LogP contribution in [-0.2, 0) is 11.2 Å². The quantitative estimate of drug-likeness (QED) is 0.432. The zero-order valence-electron chi connectivity index (χ0n) is 9.53. The molecule has 2 rings (SSSR count). The molecule has 4 nitrogen and oxygen atoms in total. The van der Waals surface area contributed by atoms with Crippen molar-refractivity contribution >= 4 is 29.0 Å². The molecule has 1 aromatic rings. The van der Waals surface area contributed by atoms with Crippen LogP contribution in [-0.4, -0.2) is 23.4 Å². The van der Waals surface area contributed by atoms with Crippen LogP contribution in [0.15, 0.2) is 17.0 Å². The number of nitrogens with two attached hydrogens (primary N) is 1. The van der Waals surface area contributed by atoms with E-state index in [1.807, 2.05) is 12.1 Å². The van der Waals surface area contributed by atoms with Gasteiger partial charge in [-0.05, 0) is 30.5 Å². The summed E-state index contributed by atoms with van der Waals surface area (Å²) >= 11 is 1.61. The van der Waals surface area contributed by atoms with Crippen LogP contribution in [0.4, 0.5) is 11.4 Å². The van der Waals surface area contributed by atoms with Gasteiger partial charge in [-0.2, -0.15) is 0 Å². The van der Waals surface area contributed by atoms with E-state index >= 15 is 0 Å². The lowest BCUT2D eigenvalue weighted by Gasteiger charge is -2.19. The van der Waals surface area contributed by atoms with Gasteiger partial charge in [-0.1, -0.05) is 0 Å². The predicted octanol–water partition coefficient (Wildman–Crippen LogP) is 1.63. The molecule has 1 aliphatic rings. The minimum absolute atomic E-state index is 0.0635. The Morgan fingerprint density at radius 3 is 3.00 bits per heavy atom. The maximum absolute atomic E-state index is 11.3. The van der Waals surface area contributed by atoms with Gasteiger partial charge in [0, 0.05) is 35.1 Å². The summed E-state index contributed by atoms with van der Waals surface area (Å²) in [5.74, 6) is 0.890. The number of benzene rings is 1. The highest BCUT2D eigenvalue weighted by Crippen LogP contribution is 2.33. The molecule has 0 radical (unpaired) electrons. The molecule has 0 spiro atoms. The number of hydrogen-bond donors (Lipinski definition) is 3. The Bertz CT molecular complexity index is 435. The summed E-state index contributed by atoms with van der Waals surface area (Å²) in [6.07, 6.45) is 2.03. The van der Waals surface area contributed by atoms with Crippen LogP contribution in [0.1, 0.15) is 18.4 Å². The number of thioether (sulfide) groups is 1. The van der Waals surface area contributed by atoms with Crippen molar-refractivity contribution in [2.45, 2.75) is 24.2 Å². The lowest BCUT2D eigenvalue weighted by Crippen LogP contribution is -2.19. The smallest absolute Gasteiger partial charge is 0.224 e. The third kappa shape index (κ3) is 2.92. The number of aliphatic hydroxyl groups is 1. The fourth-order valence-electron chi connectivity index (χ4n) is 1.80. The van der Waals surface area contributed by atoms with E-state index in [1.165, 1.54) is 0 Å². The van der Waals surface area contributed by atoms with E-state index < -0.39 is 0 Å². The average Bonchev–Trinajstić information content (AvgIpc) is 2.31. The van der Waals surface area contributed by atoms with Gasteiger partial charge in [0.2, 0.25) is 5.91 Å². The van der Waals surface area contributed by atoms with Crippen LogP contribution >= 0.6 is 11.8 Å². The molecule has 1 heterocycles. The second-order valence-electron chi connectivity index (χ2n) is 4.02. The first-order valence-corrected chi connectivity index (χ1v) is 6.65. The molecule has 1 aromatic carbocycles. The molecular weight excluding hydrogens is 236 g/mol. The summed E-state index contributed by atoms with van der Waals surface area (Å²) in [5.41, 5.74) is 8.70. The van der Waals surface area contributed by atoms with Crippen LogP contribution in [0.5, 0.6) is 0 Å². The summed E-state index contributed by atoms with van der Waals surface area (Å²) in [7, 11) is 0. The molecule has 0 unspecified atom stereocenters. The third-order valence-corrected chi connectivity index (χ3v) is 3.85. The topological polar surface area (TPSA) is 75.3 Å². The van der Waals surface area contributed by atoms with Gasteiger partial charge in [-0.15, -0.1) is 11.8 Å². The SMILES string of the molecule is Nc1cc2c(cc1SCCCO)NC(=O)CC2. The predicted molar refractivity (Wildman–Crippen MR) is 70.2 cm³/mol. The summed E-state index contributed by atoms with van der Waals surface area (Å²) in [6, 6.07) is 3.87. The van der Waals surface area contributed by atoms with E-state index in [-0.39, 0.29) is 12.5 Å². The molecule has 0 atom stereocenters. The van der Waals surface area contributed by atoms with Gasteiger partial charge >= 0.3 is 0 Å². The zero-order valence-corrected chi connectivity index (χ0v) is 10.3. The summed E-state index contributed by atoms with van der Waals surface area (Å²) in [4.78, 5) is 12.3. The van der Waals surface area contributed by atoms with Crippen molar-refractivity contribution in [3.05, 3.63) is 17.7 Å². The molecule has 1 amide bonds. The molecule has 1 aliphatic heterocycles. The number of carbonyl (C=O) groups excluding carboxylic acids is 1. The number of aryl methyl sites for hydroxylation is 1. The van der Waals surface area contributed by atoms with E-state index in [4.69, 9.17) is 10.8 Å². The minimum atomic E-state index is 0.0635. The number of nitrogens with one attached hydrogen (secondary N) is 1. The molecule has 0 saturated heterocycles. The Morgan fingerprint density at radius 2 is 2.24 bits per heavy atom. The Hall–Kier alpha value is -1.20. The normalized spacial score (nSPS) is 14.3. The first-order chi connectivity index (χ1) is 8.20. The molecule has 4 N–H and O–H groups in total. The average molecular weight is 252 g/mol. The number of amides is 1. The van der Waals surface area contributed by atoms with Gasteiger partial charge in [0.25, 0.3) is 0 Å². The lowest BCUT2D eigenvalue weighted by molar-refractivity contribution is -0.116. The third-order valence-electron chi connectivity index (χ3n) is 2.69. The molecule has 17 heavy (non-hydrogen) atoms. The van der Waals surface area contributed by atoms with Gasteiger partial charge in [0.05, 0.1) is 0 Å². The van der Waals surface area contributed by atoms with Crippen LogP contribution < -0.4 is 11.1 Å². The number of nitrogen functional groups attached to an aromatic ring is 1. The standard InChI is InChI=1S/C12H16N2O2S/c13-9-6-8-2-3-12(16)14-10(8)7-11(9)17-5-1-4-15/h6-7,15H,1-5,13H2,(H,14,16). The minimum Gasteiger partial charge on any atom is -0.398 e. The van der Waals surface area contributed by atoms with Gasteiger partial charge in [0.1, 0.15) is 0 Å². The molecule has 0 bridgehead atoms. The van der Waals surface area contributed by atoms with E-state index in [0.29, 0.717) is 6.42 Å². The van der Waals surface area contributed by atoms with E-state index in [2.05, 4.69) is 5.32 Å². The molecule has 0 fully saturated rings. The molecule has 0 aliphatic carbocycles. The van der Waals surface area contributed by atoms with Crippen molar-refractivity contribution in [2.75, 3.05) is 23.4 Å². The first-order valence-electron chi connectivity index (χ1n) is 5.66. The maximum Gasteiger partial charge on any atom is 0.224 e. The fraction of sp³-hybridized carbons (Fsp3) is 0.417. The summed E-state index contributed by atoms with van der Waals surface area (Å²) < 4.78 is 0. The highest BCUT2D eigenvalue weighted by atomic mass is 32.2. The van der Waals surface area contributed by atoms with E-state index in [1.54, 1.807) is 11.8 Å². The Kier molecular flexibility index (Phi) is 3.91. The van der Waals surface area contributed by atoms with Crippen molar-refractivity contribution in [1.29, 1.82) is 0 Å². The second kappa shape index (κ2) is 5.42. The van der Waals surface area contributed by atoms with Gasteiger partial charge < -0.3 is 16.2 Å². The number of carbonyl (C=O) groups is 1. The van der Waals surface area contributed by atoms with Crippen molar-refractivity contribution in [2.24, 2.45) is 0 Å². The number of rotatable bonds is 4. The monoisotopic (exact) mass is 252 g/mol. The number of anilines is 2. The molecule has 92 valence electrons. The van der Waals surface area contributed by atoms with E-state index in [9.17, 15) is 4.79 Å². The Balaban J connectivity index is 2.17. The van der Waals surface area contributed by atoms with Gasteiger partial charge in [-0.3, -0.25) is 4.79 Å². The van der Waals surface area contributed by atoms with Gasteiger partial charge in [-0.25, -0.2) is 0 Å². The van der Waals surface area contributed by atoms with Crippen molar-refractivity contribution < 1.29 is 9.90 Å². The zero-order chi connectivity index (χ0) is 12.3. The van der Waals surface area contributed by atoms with Crippen molar-refractivity contribution in [3.8, 4) is 0 Å². The molecular formula is C12H16N2O2S. The molecule has 0 saturated carbocycles. The first kappa shape index (κ1) is 12.3. The Labute approximate surface area is 105 Å². The Morgan fingerprint density at radius 1 is 1.41 bits per heavy atom. The molecule has 5 heteroatoms.